The van der Waals surface area contributed by atoms with Crippen LogP contribution in [0.2, 0.25) is 0 Å². The van der Waals surface area contributed by atoms with Gasteiger partial charge in [0.2, 0.25) is 0 Å². The first-order valence-electron chi connectivity index (χ1n) is 9.54. The summed E-state index contributed by atoms with van der Waals surface area (Å²) in [6.45, 7) is 1.10. The minimum atomic E-state index is -5.19. The van der Waals surface area contributed by atoms with Crippen LogP contribution in [0.15, 0.2) is 35.5 Å². The van der Waals surface area contributed by atoms with Crippen molar-refractivity contribution in [1.29, 1.82) is 5.26 Å². The fourth-order valence-electron chi connectivity index (χ4n) is 2.95. The molecule has 0 bridgehead atoms. The smallest absolute Gasteiger partial charge is 0.430 e. The Balaban J connectivity index is 0.000000509. The van der Waals surface area contributed by atoms with Gasteiger partial charge in [-0.2, -0.15) is 18.4 Å². The van der Waals surface area contributed by atoms with Gasteiger partial charge in [0.1, 0.15) is 36.8 Å². The van der Waals surface area contributed by atoms with Gasteiger partial charge in [-0.15, -0.1) is 0 Å². The highest BCUT2D eigenvalue weighted by atomic mass is 19.4. The highest BCUT2D eigenvalue weighted by Crippen LogP contribution is 2.28. The summed E-state index contributed by atoms with van der Waals surface area (Å²) < 4.78 is 50.7. The van der Waals surface area contributed by atoms with E-state index in [-0.39, 0.29) is 36.9 Å². The molecule has 13 heteroatoms. The molecule has 2 N–H and O–H groups in total. The summed E-state index contributed by atoms with van der Waals surface area (Å²) in [7, 11) is 0. The van der Waals surface area contributed by atoms with E-state index < -0.39 is 24.4 Å². The van der Waals surface area contributed by atoms with Crippen molar-refractivity contribution >= 4 is 17.6 Å². The highest BCUT2D eigenvalue weighted by Gasteiger charge is 2.37. The monoisotopic (exact) mass is 480 g/mol. The van der Waals surface area contributed by atoms with Crippen molar-refractivity contribution in [2.45, 2.75) is 25.1 Å². The van der Waals surface area contributed by atoms with Gasteiger partial charge in [-0.25, -0.2) is 4.39 Å². The molecule has 9 nitrogen and oxygen atoms in total. The molecular formula is C21H18F4N5O4-. The number of Topliss-reactive ketones (excluding diaryl/α,β-unsaturated/α-hetero) is 1. The molecule has 1 aliphatic heterocycles. The topological polar surface area (TPSA) is 154 Å². The van der Waals surface area contributed by atoms with Crippen LogP contribution in [0, 0.1) is 18.3 Å². The third-order valence-electron chi connectivity index (χ3n) is 4.50. The van der Waals surface area contributed by atoms with Gasteiger partial charge in [-0.05, 0) is 30.7 Å². The maximum absolute atomic E-state index is 13.8. The van der Waals surface area contributed by atoms with Crippen molar-refractivity contribution in [2.75, 3.05) is 19.9 Å². The van der Waals surface area contributed by atoms with E-state index in [2.05, 4.69) is 15.0 Å². The van der Waals surface area contributed by atoms with Crippen molar-refractivity contribution < 1.29 is 37.0 Å². The van der Waals surface area contributed by atoms with E-state index in [0.29, 0.717) is 22.5 Å². The van der Waals surface area contributed by atoms with Gasteiger partial charge in [0, 0.05) is 11.9 Å². The van der Waals surface area contributed by atoms with E-state index in [9.17, 15) is 22.4 Å². The molecule has 2 aromatic heterocycles. The molecule has 0 saturated heterocycles. The van der Waals surface area contributed by atoms with Crippen LogP contribution in [0.1, 0.15) is 33.0 Å². The molecular weight excluding hydrogens is 462 g/mol. The van der Waals surface area contributed by atoms with Crippen molar-refractivity contribution in [3.05, 3.63) is 58.7 Å². The summed E-state index contributed by atoms with van der Waals surface area (Å²) in [6, 6.07) is 8.62. The zero-order chi connectivity index (χ0) is 25.5. The summed E-state index contributed by atoms with van der Waals surface area (Å²) in [4.78, 5) is 34.1. The van der Waals surface area contributed by atoms with Crippen LogP contribution in [-0.2, 0) is 21.5 Å². The number of nitriles is 1. The van der Waals surface area contributed by atoms with Gasteiger partial charge in [-0.1, -0.05) is 6.07 Å². The molecule has 0 aliphatic carbocycles. The number of carboxylic acid groups (broad SMARTS) is 1. The molecule has 1 atom stereocenters. The number of aliphatic imine (C=N–C) groups is 1. The molecule has 0 radical (unpaired) electrons. The SMILES string of the molecule is Cc1cc(C#N)cnc1C(=O)Cc1cccc(C2(CF)COCC(N)=N2)n1.O=C([O-])C(F)(F)F. The van der Waals surface area contributed by atoms with Gasteiger partial charge in [0.05, 0.1) is 24.3 Å². The zero-order valence-electron chi connectivity index (χ0n) is 17.7. The molecule has 0 amide bonds. The number of carboxylic acids is 1. The predicted octanol–water partition coefficient (Wildman–Crippen LogP) is 0.933. The van der Waals surface area contributed by atoms with Crippen LogP contribution in [0.25, 0.3) is 0 Å². The number of carbonyl (C=O) groups excluding carboxylic acids is 2. The molecule has 0 aromatic carbocycles. The van der Waals surface area contributed by atoms with Gasteiger partial charge >= 0.3 is 6.18 Å². The maximum Gasteiger partial charge on any atom is 0.430 e. The van der Waals surface area contributed by atoms with Crippen molar-refractivity contribution in [2.24, 2.45) is 10.7 Å². The Bertz CT molecular complexity index is 1150. The maximum atomic E-state index is 13.8. The molecule has 3 rings (SSSR count). The summed E-state index contributed by atoms with van der Waals surface area (Å²) in [5.41, 5.74) is 6.54. The number of hydrogen-bond acceptors (Lipinski definition) is 9. The average molecular weight is 480 g/mol. The van der Waals surface area contributed by atoms with Crippen LogP contribution in [0.3, 0.4) is 0 Å². The lowest BCUT2D eigenvalue weighted by molar-refractivity contribution is -0.344. The minimum absolute atomic E-state index is 0.00397. The number of hydrogen-bond donors (Lipinski definition) is 1. The molecule has 0 saturated carbocycles. The number of halogens is 4. The lowest BCUT2D eigenvalue weighted by Gasteiger charge is -2.30. The van der Waals surface area contributed by atoms with Gasteiger partial charge in [0.25, 0.3) is 0 Å². The number of ether oxygens (including phenoxy) is 1. The second-order valence-electron chi connectivity index (χ2n) is 7.16. The summed E-state index contributed by atoms with van der Waals surface area (Å²) in [5, 5.41) is 17.7. The van der Waals surface area contributed by atoms with E-state index in [0.717, 1.165) is 0 Å². The molecule has 2 aromatic rings. The first-order valence-corrected chi connectivity index (χ1v) is 9.54. The molecule has 180 valence electrons. The number of ketones is 1. The predicted molar refractivity (Wildman–Crippen MR) is 107 cm³/mol. The van der Waals surface area contributed by atoms with Crippen LogP contribution in [0.5, 0.6) is 0 Å². The number of rotatable bonds is 5. The zero-order valence-corrected chi connectivity index (χ0v) is 17.7. The normalized spacial score (nSPS) is 17.6. The first-order chi connectivity index (χ1) is 15.9. The van der Waals surface area contributed by atoms with E-state index >= 15 is 0 Å². The number of nitrogens with zero attached hydrogens (tertiary/aromatic N) is 4. The Hall–Kier alpha value is -3.92. The quantitative estimate of drug-likeness (QED) is 0.490. The number of amidine groups is 1. The number of carbonyl (C=O) groups is 2. The second-order valence-corrected chi connectivity index (χ2v) is 7.16. The molecule has 0 fully saturated rings. The Labute approximate surface area is 190 Å². The Morgan fingerprint density at radius 3 is 2.56 bits per heavy atom. The van der Waals surface area contributed by atoms with Gasteiger partial charge in [0.15, 0.2) is 11.3 Å². The number of aryl methyl sites for hydroxylation is 1. The fraction of sp³-hybridized carbons (Fsp3) is 0.333. The molecule has 1 unspecified atom stereocenters. The van der Waals surface area contributed by atoms with Crippen molar-refractivity contribution in [3.63, 3.8) is 0 Å². The molecule has 3 heterocycles. The third-order valence-corrected chi connectivity index (χ3v) is 4.50. The molecule has 1 aliphatic rings. The number of aromatic nitrogens is 2. The fourth-order valence-corrected chi connectivity index (χ4v) is 2.95. The third kappa shape index (κ3) is 6.55. The molecule has 0 spiro atoms. The van der Waals surface area contributed by atoms with Crippen LogP contribution in [-0.4, -0.2) is 53.6 Å². The second kappa shape index (κ2) is 10.8. The molecule has 34 heavy (non-hydrogen) atoms. The van der Waals surface area contributed by atoms with Crippen LogP contribution in [0.4, 0.5) is 17.6 Å². The van der Waals surface area contributed by atoms with E-state index in [1.807, 2.05) is 6.07 Å². The minimum Gasteiger partial charge on any atom is -0.542 e. The average Bonchev–Trinajstić information content (AvgIpc) is 2.78. The lowest BCUT2D eigenvalue weighted by atomic mass is 9.96. The van der Waals surface area contributed by atoms with Crippen molar-refractivity contribution in [3.8, 4) is 6.07 Å². The van der Waals surface area contributed by atoms with Gasteiger partial charge in [-0.3, -0.25) is 19.8 Å². The number of alkyl halides is 4. The van der Waals surface area contributed by atoms with E-state index in [4.69, 9.17) is 25.6 Å². The highest BCUT2D eigenvalue weighted by molar-refractivity contribution is 5.96. The van der Waals surface area contributed by atoms with Gasteiger partial charge < -0.3 is 20.4 Å². The summed E-state index contributed by atoms with van der Waals surface area (Å²) >= 11 is 0. The Morgan fingerprint density at radius 2 is 2.03 bits per heavy atom. The van der Waals surface area contributed by atoms with E-state index in [1.165, 1.54) is 6.20 Å². The standard InChI is InChI=1S/C19H18FN5O2.C2HF3O2/c1-12-5-13(7-21)8-23-18(12)15(26)6-14-3-2-4-16(24-14)19(10-20)11-27-9-17(22)25-19;3-2(4,5)1(6)7/h2-5,8H,6,9-11H2,1H3,(H2,22,25);(H,6,7)/p-1. The summed E-state index contributed by atoms with van der Waals surface area (Å²) in [6.07, 6.45) is -3.84. The van der Waals surface area contributed by atoms with Crippen LogP contribution >= 0.6 is 0 Å². The lowest BCUT2D eigenvalue weighted by Crippen LogP contribution is -2.42. The number of aliphatic carboxylic acids is 1. The number of pyridine rings is 2. The Kier molecular flexibility index (Phi) is 8.36. The largest absolute Gasteiger partial charge is 0.542 e. The first kappa shape index (κ1) is 26.3. The summed E-state index contributed by atoms with van der Waals surface area (Å²) in [5.74, 6) is -3.04. The Morgan fingerprint density at radius 1 is 1.35 bits per heavy atom. The van der Waals surface area contributed by atoms with Crippen LogP contribution < -0.4 is 10.8 Å². The number of nitrogens with two attached hydrogens (primary N) is 1. The van der Waals surface area contributed by atoms with E-state index in [1.54, 1.807) is 31.2 Å². The van der Waals surface area contributed by atoms with Crippen molar-refractivity contribution in [1.82, 2.24) is 9.97 Å².